The first-order chi connectivity index (χ1) is 29.3. The molecule has 6 aliphatic carbocycles. The van der Waals surface area contributed by atoms with Crippen molar-refractivity contribution in [2.45, 2.75) is 211 Å². The molecule has 0 saturated heterocycles. The number of aliphatic hydroxyl groups excluding tert-OH is 1. The highest BCUT2D eigenvalue weighted by Gasteiger charge is 2.51. The van der Waals surface area contributed by atoms with Gasteiger partial charge in [-0.3, -0.25) is 19.2 Å². The number of ether oxygens (including phenoxy) is 4. The lowest BCUT2D eigenvalue weighted by molar-refractivity contribution is -0.201. The molecule has 6 saturated carbocycles. The fourth-order valence-corrected chi connectivity index (χ4v) is 10.0. The molecule has 0 heterocycles. The van der Waals surface area contributed by atoms with Crippen LogP contribution < -0.4 is 0 Å². The van der Waals surface area contributed by atoms with E-state index >= 15 is 0 Å². The van der Waals surface area contributed by atoms with Crippen LogP contribution in [0.3, 0.4) is 0 Å². The van der Waals surface area contributed by atoms with E-state index in [1.165, 1.54) is 13.8 Å². The molecule has 6 fully saturated rings. The Morgan fingerprint density at radius 2 is 0.952 bits per heavy atom. The number of esters is 5. The Morgan fingerprint density at radius 1 is 0.571 bits per heavy atom. The van der Waals surface area contributed by atoms with Crippen LogP contribution in [0.2, 0.25) is 0 Å². The maximum Gasteiger partial charge on any atom is 0.491 e. The fraction of sp³-hybridized carbons (Fsp3) is 0.783. The zero-order valence-electron chi connectivity index (χ0n) is 37.7. The summed E-state index contributed by atoms with van der Waals surface area (Å²) in [5.41, 5.74) is -0.686. The highest BCUT2D eigenvalue weighted by atomic mass is 35.5. The Bertz CT molecular complexity index is 1570. The lowest BCUT2D eigenvalue weighted by Crippen LogP contribution is -2.44. The minimum atomic E-state index is -5.09. The van der Waals surface area contributed by atoms with Gasteiger partial charge in [-0.2, -0.15) is 13.2 Å². The molecule has 13 nitrogen and oxygen atoms in total. The van der Waals surface area contributed by atoms with Crippen LogP contribution in [0.25, 0.3) is 0 Å². The summed E-state index contributed by atoms with van der Waals surface area (Å²) in [4.78, 5) is 63.4. The van der Waals surface area contributed by atoms with Gasteiger partial charge in [0, 0.05) is 49.7 Å². The molecule has 0 spiro atoms. The van der Waals surface area contributed by atoms with Gasteiger partial charge >= 0.3 is 36.0 Å². The maximum absolute atomic E-state index is 12.0. The van der Waals surface area contributed by atoms with E-state index in [1.807, 2.05) is 0 Å². The van der Waals surface area contributed by atoms with Gasteiger partial charge in [-0.1, -0.05) is 45.3 Å². The Labute approximate surface area is 374 Å². The first-order valence-electron chi connectivity index (χ1n) is 22.3. The number of hydrogen-bond acceptors (Lipinski definition) is 13. The summed E-state index contributed by atoms with van der Waals surface area (Å²) in [6, 6.07) is 0. The summed E-state index contributed by atoms with van der Waals surface area (Å²) in [5.74, 6) is -4.04. The lowest BCUT2D eigenvalue weighted by atomic mass is 9.82. The molecule has 360 valence electrons. The van der Waals surface area contributed by atoms with Gasteiger partial charge in [0.1, 0.15) is 17.8 Å². The Balaban J connectivity index is 0.000000285. The monoisotopic (exact) mass is 922 g/mol. The second kappa shape index (κ2) is 25.4. The minimum absolute atomic E-state index is 0.0365. The first-order valence-corrected chi connectivity index (χ1v) is 22.7. The number of rotatable bonds is 8. The third-order valence-corrected chi connectivity index (χ3v) is 13.2. The van der Waals surface area contributed by atoms with E-state index in [1.54, 1.807) is 13.8 Å². The van der Waals surface area contributed by atoms with Crippen molar-refractivity contribution in [2.24, 2.45) is 17.8 Å². The molecule has 17 heteroatoms. The van der Waals surface area contributed by atoms with Crippen LogP contribution in [0.1, 0.15) is 169 Å². The molecule has 6 rings (SSSR count). The molecule has 6 aliphatic rings. The number of aliphatic hydroxyl groups is 3. The van der Waals surface area contributed by atoms with Crippen molar-refractivity contribution in [3.05, 3.63) is 24.3 Å². The quantitative estimate of drug-likeness (QED) is 0.0688. The first kappa shape index (κ1) is 55.8. The van der Waals surface area contributed by atoms with Gasteiger partial charge in [-0.25, -0.2) is 9.59 Å². The lowest BCUT2D eigenvalue weighted by Gasteiger charge is -2.37. The Morgan fingerprint density at radius 3 is 1.30 bits per heavy atom. The number of carbonyl (C=O) groups excluding carboxylic acids is 6. The van der Waals surface area contributed by atoms with Crippen LogP contribution in [-0.4, -0.2) is 91.7 Å². The van der Waals surface area contributed by atoms with Crippen LogP contribution in [-0.2, 0) is 47.7 Å². The topological polar surface area (TPSA) is 200 Å². The molecule has 0 bridgehead atoms. The predicted octanol–water partition coefficient (Wildman–Crippen LogP) is 8.59. The molecule has 0 aliphatic heterocycles. The number of allylic oxidation sites excluding steroid dienone is 1. The van der Waals surface area contributed by atoms with E-state index in [9.17, 15) is 57.3 Å². The van der Waals surface area contributed by atoms with Crippen molar-refractivity contribution in [3.63, 3.8) is 0 Å². The van der Waals surface area contributed by atoms with Crippen LogP contribution in [0, 0.1) is 17.8 Å². The van der Waals surface area contributed by atoms with Crippen molar-refractivity contribution < 1.29 is 76.2 Å². The standard InChI is InChI=1S/C16H24O4.C12H20O3.C10H18O2.C4H5ClO.C4H3F3O3/c1-11(2)15(18)20-16(9-4-5-10-16)13-7-6-8-14(13)19-12(3)17;1-9(13)15-11-6-4-5-10(11)12(14)7-2-3-8-12;11-9-5-3-4-8(9)10(12)6-1-2-7-10;1-3(2)4(5)6;1-2(8)10-3(9)4(5,6)7/h13-14H,1,4-10H2,2-3H3;10-11,14H,2-8H2,1H3;8-9,11-12H,1-7H2;1H2,2H3;1H3. The third kappa shape index (κ3) is 17.9. The Kier molecular flexibility index (Phi) is 22.5. The van der Waals surface area contributed by atoms with Crippen LogP contribution in [0.5, 0.6) is 0 Å². The summed E-state index contributed by atoms with van der Waals surface area (Å²) >= 11 is 4.87. The highest BCUT2D eigenvalue weighted by molar-refractivity contribution is 6.67. The predicted molar refractivity (Wildman–Crippen MR) is 227 cm³/mol. The molecular weight excluding hydrogens is 853 g/mol. The van der Waals surface area contributed by atoms with Gasteiger partial charge in [0.2, 0.25) is 5.24 Å². The van der Waals surface area contributed by atoms with Crippen molar-refractivity contribution in [3.8, 4) is 0 Å². The molecule has 6 atom stereocenters. The number of carbonyl (C=O) groups is 6. The van der Waals surface area contributed by atoms with Crippen molar-refractivity contribution in [1.82, 2.24) is 0 Å². The molecule has 63 heavy (non-hydrogen) atoms. The molecular formula is C46H70ClF3O13. The second-order valence-electron chi connectivity index (χ2n) is 18.0. The average Bonchev–Trinajstić information content (AvgIpc) is 4.03. The normalized spacial score (nSPS) is 27.2. The summed E-state index contributed by atoms with van der Waals surface area (Å²) in [6.45, 7) is 13.8. The zero-order chi connectivity index (χ0) is 47.8. The van der Waals surface area contributed by atoms with Gasteiger partial charge < -0.3 is 34.3 Å². The fourth-order valence-electron chi connectivity index (χ4n) is 10.0. The third-order valence-electron chi connectivity index (χ3n) is 12.9. The van der Waals surface area contributed by atoms with E-state index in [2.05, 4.69) is 17.9 Å². The molecule has 3 N–H and O–H groups in total. The minimum Gasteiger partial charge on any atom is -0.462 e. The van der Waals surface area contributed by atoms with E-state index in [-0.39, 0.29) is 54.0 Å². The van der Waals surface area contributed by atoms with Gasteiger partial charge in [0.05, 0.1) is 17.3 Å². The second-order valence-corrected chi connectivity index (χ2v) is 18.3. The molecule has 0 aromatic rings. The van der Waals surface area contributed by atoms with Gasteiger partial charge in [0.15, 0.2) is 0 Å². The molecule has 6 unspecified atom stereocenters. The van der Waals surface area contributed by atoms with E-state index < -0.39 is 40.2 Å². The molecule has 0 amide bonds. The molecule has 0 radical (unpaired) electrons. The molecule has 0 aromatic heterocycles. The number of halogens is 4. The largest absolute Gasteiger partial charge is 0.491 e. The van der Waals surface area contributed by atoms with E-state index in [0.717, 1.165) is 135 Å². The zero-order valence-corrected chi connectivity index (χ0v) is 38.4. The van der Waals surface area contributed by atoms with Crippen LogP contribution >= 0.6 is 11.6 Å². The van der Waals surface area contributed by atoms with Gasteiger partial charge in [-0.15, -0.1) is 0 Å². The van der Waals surface area contributed by atoms with Crippen molar-refractivity contribution >= 4 is 46.7 Å². The van der Waals surface area contributed by atoms with Gasteiger partial charge in [0.25, 0.3) is 0 Å². The van der Waals surface area contributed by atoms with Crippen LogP contribution in [0.4, 0.5) is 13.2 Å². The summed E-state index contributed by atoms with van der Waals surface area (Å²) in [7, 11) is 0. The maximum atomic E-state index is 12.0. The van der Waals surface area contributed by atoms with E-state index in [4.69, 9.17) is 25.8 Å². The van der Waals surface area contributed by atoms with E-state index in [0.29, 0.717) is 18.1 Å². The summed E-state index contributed by atoms with van der Waals surface area (Å²) < 4.78 is 53.3. The van der Waals surface area contributed by atoms with Gasteiger partial charge in [-0.05, 0) is 128 Å². The summed E-state index contributed by atoms with van der Waals surface area (Å²) in [6.07, 6.45) is 15.4. The Hall–Kier alpha value is -3.34. The SMILES string of the molecule is C=C(C)C(=O)Cl.C=C(C)C(=O)OC1(C2CCCC2OC(C)=O)CCCC1.CC(=O)OC(=O)C(F)(F)F.CC(=O)OC1CCCC1C1(O)CCCC1.OC1CCCC1C1(O)CCCC1. The smallest absolute Gasteiger partial charge is 0.462 e. The number of alkyl halides is 3. The molecule has 0 aromatic carbocycles. The average molecular weight is 923 g/mol. The van der Waals surface area contributed by atoms with Crippen LogP contribution in [0.15, 0.2) is 24.3 Å². The summed E-state index contributed by atoms with van der Waals surface area (Å²) in [5, 5.41) is 29.9. The van der Waals surface area contributed by atoms with Crippen molar-refractivity contribution in [2.75, 3.05) is 0 Å². The highest BCUT2D eigenvalue weighted by Crippen LogP contribution is 2.48. The number of hydrogen-bond donors (Lipinski definition) is 3. The van der Waals surface area contributed by atoms with Crippen molar-refractivity contribution in [1.29, 1.82) is 0 Å².